The predicted octanol–water partition coefficient (Wildman–Crippen LogP) is 3.10. The summed E-state index contributed by atoms with van der Waals surface area (Å²) >= 11 is 4.97. The molecule has 0 N–H and O–H groups in total. The van der Waals surface area contributed by atoms with Crippen LogP contribution in [0.15, 0.2) is 3.92 Å². The van der Waals surface area contributed by atoms with Gasteiger partial charge >= 0.3 is 0 Å². The van der Waals surface area contributed by atoms with Crippen LogP contribution in [0.5, 0.6) is 0 Å². The molecular formula is C5H7Br2NS. The highest BCUT2D eigenvalue weighted by Crippen LogP contribution is 2.20. The molecule has 1 rings (SSSR count). The van der Waals surface area contributed by atoms with E-state index in [4.69, 9.17) is 0 Å². The first-order chi connectivity index (χ1) is 3.70. The lowest BCUT2D eigenvalue weighted by molar-refractivity contribution is 1.21. The van der Waals surface area contributed by atoms with E-state index in [1.54, 1.807) is 11.3 Å². The Labute approximate surface area is 77.4 Å². The Morgan fingerprint density at radius 3 is 2.11 bits per heavy atom. The molecule has 0 bridgehead atoms. The predicted molar refractivity (Wildman–Crippen MR) is 49.6 cm³/mol. The van der Waals surface area contributed by atoms with E-state index in [1.807, 2.05) is 6.92 Å². The van der Waals surface area contributed by atoms with Gasteiger partial charge in [-0.2, -0.15) is 0 Å². The SMILES string of the molecule is Br.Cc1nc(Br)sc1C. The molecule has 0 radical (unpaired) electrons. The maximum absolute atomic E-state index is 4.15. The van der Waals surface area contributed by atoms with Crippen LogP contribution in [0.1, 0.15) is 10.6 Å². The molecule has 1 aromatic heterocycles. The van der Waals surface area contributed by atoms with Gasteiger partial charge in [-0.15, -0.1) is 28.3 Å². The Morgan fingerprint density at radius 1 is 1.44 bits per heavy atom. The third-order valence-electron chi connectivity index (χ3n) is 1.00. The fourth-order valence-electron chi connectivity index (χ4n) is 0.434. The van der Waals surface area contributed by atoms with E-state index >= 15 is 0 Å². The van der Waals surface area contributed by atoms with Crippen LogP contribution in [0.3, 0.4) is 0 Å². The summed E-state index contributed by atoms with van der Waals surface area (Å²) in [5.41, 5.74) is 1.13. The third kappa shape index (κ3) is 2.35. The van der Waals surface area contributed by atoms with Crippen molar-refractivity contribution in [3.63, 3.8) is 0 Å². The molecule has 0 saturated carbocycles. The number of thiazole rings is 1. The number of hydrogen-bond donors (Lipinski definition) is 0. The monoisotopic (exact) mass is 271 g/mol. The molecule has 0 fully saturated rings. The normalized spacial score (nSPS) is 8.78. The van der Waals surface area contributed by atoms with Crippen LogP contribution in [0.4, 0.5) is 0 Å². The quantitative estimate of drug-likeness (QED) is 0.707. The molecule has 0 unspecified atom stereocenters. The van der Waals surface area contributed by atoms with Crippen molar-refractivity contribution in [2.45, 2.75) is 13.8 Å². The molecule has 9 heavy (non-hydrogen) atoms. The molecule has 0 spiro atoms. The number of hydrogen-bond acceptors (Lipinski definition) is 2. The standard InChI is InChI=1S/C5H6BrNS.BrH/c1-3-4(2)8-5(6)7-3;/h1-2H3;1H. The molecule has 1 aromatic rings. The fraction of sp³-hybridized carbons (Fsp3) is 0.400. The molecule has 0 aliphatic heterocycles. The highest BCUT2D eigenvalue weighted by molar-refractivity contribution is 9.11. The fourth-order valence-corrected chi connectivity index (χ4v) is 2.06. The first kappa shape index (κ1) is 9.59. The van der Waals surface area contributed by atoms with Crippen molar-refractivity contribution in [1.29, 1.82) is 0 Å². The van der Waals surface area contributed by atoms with Gasteiger partial charge in [0, 0.05) is 4.88 Å². The van der Waals surface area contributed by atoms with Gasteiger partial charge in [-0.3, -0.25) is 0 Å². The Bertz CT molecular complexity index is 177. The number of aromatic nitrogens is 1. The van der Waals surface area contributed by atoms with Crippen molar-refractivity contribution in [1.82, 2.24) is 4.98 Å². The summed E-state index contributed by atoms with van der Waals surface area (Å²) in [5, 5.41) is 0. The van der Waals surface area contributed by atoms with Crippen molar-refractivity contribution >= 4 is 44.2 Å². The summed E-state index contributed by atoms with van der Waals surface area (Å²) < 4.78 is 0.979. The third-order valence-corrected chi connectivity index (χ3v) is 2.53. The van der Waals surface area contributed by atoms with E-state index < -0.39 is 0 Å². The summed E-state index contributed by atoms with van der Waals surface area (Å²) in [6, 6.07) is 0. The van der Waals surface area contributed by atoms with Crippen molar-refractivity contribution in [3.8, 4) is 0 Å². The smallest absolute Gasteiger partial charge is 0.159 e. The van der Waals surface area contributed by atoms with Gasteiger partial charge in [0.2, 0.25) is 0 Å². The van der Waals surface area contributed by atoms with E-state index in [2.05, 4.69) is 27.8 Å². The van der Waals surface area contributed by atoms with Crippen molar-refractivity contribution in [3.05, 3.63) is 14.5 Å². The lowest BCUT2D eigenvalue weighted by Gasteiger charge is -1.77. The zero-order valence-electron chi connectivity index (χ0n) is 5.14. The minimum atomic E-state index is 0. The first-order valence-electron chi connectivity index (χ1n) is 2.29. The lowest BCUT2D eigenvalue weighted by atomic mass is 10.4. The second-order valence-corrected chi connectivity index (χ2v) is 4.09. The average molecular weight is 273 g/mol. The van der Waals surface area contributed by atoms with Crippen molar-refractivity contribution < 1.29 is 0 Å². The Morgan fingerprint density at radius 2 is 2.00 bits per heavy atom. The molecule has 1 nitrogen and oxygen atoms in total. The summed E-state index contributed by atoms with van der Waals surface area (Å²) in [7, 11) is 0. The summed E-state index contributed by atoms with van der Waals surface area (Å²) in [6.07, 6.45) is 0. The molecule has 4 heteroatoms. The molecule has 1 heterocycles. The van der Waals surface area contributed by atoms with Crippen molar-refractivity contribution in [2.75, 3.05) is 0 Å². The van der Waals surface area contributed by atoms with Crippen LogP contribution in [0.2, 0.25) is 0 Å². The van der Waals surface area contributed by atoms with Crippen LogP contribution in [-0.2, 0) is 0 Å². The van der Waals surface area contributed by atoms with Gasteiger partial charge in [0.15, 0.2) is 3.92 Å². The zero-order valence-corrected chi connectivity index (χ0v) is 9.26. The van der Waals surface area contributed by atoms with Crippen LogP contribution in [-0.4, -0.2) is 4.98 Å². The number of halogens is 2. The molecule has 0 aliphatic carbocycles. The van der Waals surface area contributed by atoms with Crippen LogP contribution in [0.25, 0.3) is 0 Å². The first-order valence-corrected chi connectivity index (χ1v) is 3.90. The maximum atomic E-state index is 4.15. The summed E-state index contributed by atoms with van der Waals surface area (Å²) in [6.45, 7) is 4.08. The lowest BCUT2D eigenvalue weighted by Crippen LogP contribution is -1.69. The highest BCUT2D eigenvalue weighted by Gasteiger charge is 1.97. The second-order valence-electron chi connectivity index (χ2n) is 1.61. The summed E-state index contributed by atoms with van der Waals surface area (Å²) in [5.74, 6) is 0. The Balaban J connectivity index is 0.000000640. The van der Waals surface area contributed by atoms with E-state index in [-0.39, 0.29) is 17.0 Å². The molecular weight excluding hydrogens is 266 g/mol. The Kier molecular flexibility index (Phi) is 3.93. The van der Waals surface area contributed by atoms with Gasteiger partial charge in [0.1, 0.15) is 0 Å². The van der Waals surface area contributed by atoms with Gasteiger partial charge in [0.25, 0.3) is 0 Å². The van der Waals surface area contributed by atoms with Crippen LogP contribution < -0.4 is 0 Å². The molecule has 0 saturated heterocycles. The van der Waals surface area contributed by atoms with Gasteiger partial charge < -0.3 is 0 Å². The van der Waals surface area contributed by atoms with Crippen molar-refractivity contribution in [2.24, 2.45) is 0 Å². The number of aryl methyl sites for hydroxylation is 2. The van der Waals surface area contributed by atoms with E-state index in [0.717, 1.165) is 9.61 Å². The minimum absolute atomic E-state index is 0. The van der Waals surface area contributed by atoms with E-state index in [1.165, 1.54) is 4.88 Å². The molecule has 0 amide bonds. The second kappa shape index (κ2) is 3.68. The summed E-state index contributed by atoms with van der Waals surface area (Å²) in [4.78, 5) is 5.43. The highest BCUT2D eigenvalue weighted by atomic mass is 79.9. The largest absolute Gasteiger partial charge is 0.234 e. The van der Waals surface area contributed by atoms with Gasteiger partial charge in [-0.1, -0.05) is 0 Å². The van der Waals surface area contributed by atoms with Gasteiger partial charge in [-0.05, 0) is 29.8 Å². The zero-order chi connectivity index (χ0) is 6.15. The Hall–Kier alpha value is 0.590. The van der Waals surface area contributed by atoms with E-state index in [9.17, 15) is 0 Å². The number of nitrogens with zero attached hydrogens (tertiary/aromatic N) is 1. The van der Waals surface area contributed by atoms with E-state index in [0.29, 0.717) is 0 Å². The molecule has 0 atom stereocenters. The average Bonchev–Trinajstić information content (AvgIpc) is 1.85. The minimum Gasteiger partial charge on any atom is -0.234 e. The van der Waals surface area contributed by atoms with Gasteiger partial charge in [-0.25, -0.2) is 4.98 Å². The topological polar surface area (TPSA) is 12.9 Å². The van der Waals surface area contributed by atoms with Crippen LogP contribution >= 0.6 is 44.2 Å². The molecule has 52 valence electrons. The molecule has 0 aromatic carbocycles. The number of rotatable bonds is 0. The molecule has 0 aliphatic rings. The maximum Gasteiger partial charge on any atom is 0.159 e. The van der Waals surface area contributed by atoms with Gasteiger partial charge in [0.05, 0.1) is 5.69 Å². The van der Waals surface area contributed by atoms with Crippen LogP contribution in [0, 0.1) is 13.8 Å².